The van der Waals surface area contributed by atoms with Gasteiger partial charge in [-0.2, -0.15) is 0 Å². The van der Waals surface area contributed by atoms with E-state index in [0.29, 0.717) is 6.61 Å². The summed E-state index contributed by atoms with van der Waals surface area (Å²) in [7, 11) is -3.65. The number of nitrogens with two attached hydrogens (primary N) is 1. The van der Waals surface area contributed by atoms with E-state index < -0.39 is 10.0 Å². The number of allylic oxidation sites excluding steroid dienone is 2. The fourth-order valence-corrected chi connectivity index (χ4v) is 3.68. The van der Waals surface area contributed by atoms with Gasteiger partial charge in [0, 0.05) is 0 Å². The average Bonchev–Trinajstić information content (AvgIpc) is 3.04. The smallest absolute Gasteiger partial charge is 0.238 e. The molecule has 2 aromatic carbocycles. The van der Waals surface area contributed by atoms with Crippen molar-refractivity contribution in [2.75, 3.05) is 6.61 Å². The monoisotopic (exact) mass is 343 g/mol. The lowest BCUT2D eigenvalue weighted by molar-refractivity contribution is 0.340. The zero-order valence-corrected chi connectivity index (χ0v) is 14.5. The van der Waals surface area contributed by atoms with Crippen molar-refractivity contribution in [3.63, 3.8) is 0 Å². The number of primary sulfonamides is 1. The van der Waals surface area contributed by atoms with Crippen LogP contribution in [0.1, 0.15) is 37.3 Å². The molecule has 0 spiro atoms. The van der Waals surface area contributed by atoms with Crippen LogP contribution in [0.15, 0.2) is 53.4 Å². The highest BCUT2D eigenvalue weighted by molar-refractivity contribution is 7.89. The molecule has 3 rings (SSSR count). The Morgan fingerprint density at radius 3 is 2.29 bits per heavy atom. The Labute approximate surface area is 143 Å². The summed E-state index contributed by atoms with van der Waals surface area (Å²) in [6.07, 6.45) is 3.10. The SMILES string of the molecule is CCOc1cccc(C2=C(c3ccc(S(N)(=O)=O)cc3)CCC2)c1. The van der Waals surface area contributed by atoms with Crippen LogP contribution in [0.5, 0.6) is 5.75 Å². The molecule has 4 nitrogen and oxygen atoms in total. The Hall–Kier alpha value is -2.11. The summed E-state index contributed by atoms with van der Waals surface area (Å²) < 4.78 is 28.4. The van der Waals surface area contributed by atoms with Crippen molar-refractivity contribution >= 4 is 21.2 Å². The maximum absolute atomic E-state index is 11.4. The minimum atomic E-state index is -3.65. The molecular weight excluding hydrogens is 322 g/mol. The molecule has 0 aliphatic heterocycles. The quantitative estimate of drug-likeness (QED) is 0.897. The van der Waals surface area contributed by atoms with Crippen molar-refractivity contribution in [1.29, 1.82) is 0 Å². The number of ether oxygens (including phenoxy) is 1. The molecule has 0 bridgehead atoms. The summed E-state index contributed by atoms with van der Waals surface area (Å²) >= 11 is 0. The Bertz CT molecular complexity index is 868. The molecule has 0 unspecified atom stereocenters. The summed E-state index contributed by atoms with van der Waals surface area (Å²) in [5.41, 5.74) is 4.80. The molecule has 0 atom stereocenters. The highest BCUT2D eigenvalue weighted by Gasteiger charge is 2.18. The highest BCUT2D eigenvalue weighted by Crippen LogP contribution is 2.40. The van der Waals surface area contributed by atoms with Gasteiger partial charge in [0.25, 0.3) is 0 Å². The van der Waals surface area contributed by atoms with E-state index in [1.54, 1.807) is 12.1 Å². The summed E-state index contributed by atoms with van der Waals surface area (Å²) in [6, 6.07) is 15.0. The van der Waals surface area contributed by atoms with Crippen LogP contribution in [0.2, 0.25) is 0 Å². The summed E-state index contributed by atoms with van der Waals surface area (Å²) in [4.78, 5) is 0.143. The van der Waals surface area contributed by atoms with Gasteiger partial charge in [0.15, 0.2) is 0 Å². The van der Waals surface area contributed by atoms with Gasteiger partial charge in [-0.3, -0.25) is 0 Å². The third-order valence-electron chi connectivity index (χ3n) is 4.24. The van der Waals surface area contributed by atoms with Crippen LogP contribution in [0.25, 0.3) is 11.1 Å². The standard InChI is InChI=1S/C19H21NO3S/c1-2-23-16-6-3-5-15(13-16)19-8-4-7-18(19)14-9-11-17(12-10-14)24(20,21)22/h3,5-6,9-13H,2,4,7-8H2,1H3,(H2,20,21,22). The number of benzene rings is 2. The third kappa shape index (κ3) is 3.52. The highest BCUT2D eigenvalue weighted by atomic mass is 32.2. The van der Waals surface area contributed by atoms with E-state index in [-0.39, 0.29) is 4.90 Å². The topological polar surface area (TPSA) is 69.4 Å². The van der Waals surface area contributed by atoms with E-state index in [4.69, 9.17) is 9.88 Å². The molecule has 2 aromatic rings. The molecule has 0 heterocycles. The molecule has 0 radical (unpaired) electrons. The van der Waals surface area contributed by atoms with Crippen LogP contribution < -0.4 is 9.88 Å². The number of hydrogen-bond acceptors (Lipinski definition) is 3. The van der Waals surface area contributed by atoms with Crippen molar-refractivity contribution in [3.05, 3.63) is 59.7 Å². The van der Waals surface area contributed by atoms with Gasteiger partial charge in [0.05, 0.1) is 11.5 Å². The molecule has 0 amide bonds. The lowest BCUT2D eigenvalue weighted by atomic mass is 9.97. The average molecular weight is 343 g/mol. The van der Waals surface area contributed by atoms with Gasteiger partial charge in [0.2, 0.25) is 10.0 Å². The molecule has 0 saturated carbocycles. The lowest BCUT2D eigenvalue weighted by Crippen LogP contribution is -2.11. The minimum Gasteiger partial charge on any atom is -0.494 e. The van der Waals surface area contributed by atoms with E-state index in [1.165, 1.54) is 16.7 Å². The molecule has 5 heteroatoms. The maximum atomic E-state index is 11.4. The van der Waals surface area contributed by atoms with E-state index in [2.05, 4.69) is 12.1 Å². The van der Waals surface area contributed by atoms with Gasteiger partial charge >= 0.3 is 0 Å². The molecule has 1 aliphatic rings. The number of rotatable bonds is 5. The number of sulfonamides is 1. The second kappa shape index (κ2) is 6.79. The van der Waals surface area contributed by atoms with Crippen LogP contribution >= 0.6 is 0 Å². The fourth-order valence-electron chi connectivity index (χ4n) is 3.17. The van der Waals surface area contributed by atoms with Gasteiger partial charge < -0.3 is 4.74 Å². The number of hydrogen-bond donors (Lipinski definition) is 1. The Morgan fingerprint density at radius 2 is 1.67 bits per heavy atom. The Kier molecular flexibility index (Phi) is 4.73. The fraction of sp³-hybridized carbons (Fsp3) is 0.263. The van der Waals surface area contributed by atoms with Gasteiger partial charge in [-0.05, 0) is 72.7 Å². The second-order valence-electron chi connectivity index (χ2n) is 5.84. The van der Waals surface area contributed by atoms with Gasteiger partial charge in [-0.15, -0.1) is 0 Å². The van der Waals surface area contributed by atoms with Crippen LogP contribution in [0.3, 0.4) is 0 Å². The molecular formula is C19H21NO3S. The Morgan fingerprint density at radius 1 is 1.00 bits per heavy atom. The second-order valence-corrected chi connectivity index (χ2v) is 7.40. The zero-order valence-electron chi connectivity index (χ0n) is 13.7. The van der Waals surface area contributed by atoms with Crippen LogP contribution in [-0.2, 0) is 10.0 Å². The summed E-state index contributed by atoms with van der Waals surface area (Å²) in [6.45, 7) is 2.62. The van der Waals surface area contributed by atoms with Gasteiger partial charge in [-0.1, -0.05) is 24.3 Å². The first-order chi connectivity index (χ1) is 11.5. The largest absolute Gasteiger partial charge is 0.494 e. The van der Waals surface area contributed by atoms with E-state index in [0.717, 1.165) is 30.6 Å². The predicted octanol–water partition coefficient (Wildman–Crippen LogP) is 3.83. The molecule has 1 aliphatic carbocycles. The van der Waals surface area contributed by atoms with Crippen molar-refractivity contribution in [2.24, 2.45) is 5.14 Å². The summed E-state index contributed by atoms with van der Waals surface area (Å²) in [5, 5.41) is 5.17. The first-order valence-corrected chi connectivity index (χ1v) is 9.62. The van der Waals surface area contributed by atoms with Crippen LogP contribution in [0, 0.1) is 0 Å². The third-order valence-corrected chi connectivity index (χ3v) is 5.17. The van der Waals surface area contributed by atoms with E-state index in [1.807, 2.05) is 31.2 Å². The van der Waals surface area contributed by atoms with Gasteiger partial charge in [0.1, 0.15) is 5.75 Å². The molecule has 24 heavy (non-hydrogen) atoms. The van der Waals surface area contributed by atoms with Crippen LogP contribution in [-0.4, -0.2) is 15.0 Å². The molecule has 0 saturated heterocycles. The van der Waals surface area contributed by atoms with Crippen molar-refractivity contribution in [2.45, 2.75) is 31.1 Å². The van der Waals surface area contributed by atoms with Gasteiger partial charge in [-0.25, -0.2) is 13.6 Å². The van der Waals surface area contributed by atoms with E-state index in [9.17, 15) is 8.42 Å². The first kappa shape index (κ1) is 16.7. The van der Waals surface area contributed by atoms with E-state index >= 15 is 0 Å². The van der Waals surface area contributed by atoms with Crippen LogP contribution in [0.4, 0.5) is 0 Å². The maximum Gasteiger partial charge on any atom is 0.238 e. The molecule has 2 N–H and O–H groups in total. The first-order valence-electron chi connectivity index (χ1n) is 8.07. The molecule has 0 aromatic heterocycles. The molecule has 0 fully saturated rings. The lowest BCUT2D eigenvalue weighted by Gasteiger charge is -2.11. The normalized spacial score (nSPS) is 14.9. The zero-order chi connectivity index (χ0) is 17.2. The minimum absolute atomic E-state index is 0.143. The molecule has 126 valence electrons. The van der Waals surface area contributed by atoms with Crippen molar-refractivity contribution in [1.82, 2.24) is 0 Å². The van der Waals surface area contributed by atoms with Crippen molar-refractivity contribution < 1.29 is 13.2 Å². The van der Waals surface area contributed by atoms with Crippen molar-refractivity contribution in [3.8, 4) is 5.75 Å². The predicted molar refractivity (Wildman–Crippen MR) is 96.1 cm³/mol. The summed E-state index contributed by atoms with van der Waals surface area (Å²) in [5.74, 6) is 0.873. The Balaban J connectivity index is 1.99.